The molecule has 6 nitrogen and oxygen atoms in total. The molecular formula is C16H18O6S. The van der Waals surface area contributed by atoms with Crippen LogP contribution in [0.25, 0.3) is 0 Å². The number of hydrogen-bond donors (Lipinski definition) is 0. The second-order valence-electron chi connectivity index (χ2n) is 6.91. The highest BCUT2D eigenvalue weighted by molar-refractivity contribution is 8.00. The van der Waals surface area contributed by atoms with Crippen LogP contribution >= 0.6 is 11.8 Å². The van der Waals surface area contributed by atoms with E-state index in [-0.39, 0.29) is 47.5 Å². The predicted molar refractivity (Wildman–Crippen MR) is 79.0 cm³/mol. The first-order chi connectivity index (χ1) is 11.0. The molecule has 4 fully saturated rings. The van der Waals surface area contributed by atoms with Crippen LogP contribution in [0.4, 0.5) is 0 Å². The number of thioether (sulfide) groups is 1. The third-order valence-electron chi connectivity index (χ3n) is 5.60. The fraction of sp³-hybridized carbons (Fsp3) is 0.750. The lowest BCUT2D eigenvalue weighted by Crippen LogP contribution is -2.32. The van der Waals surface area contributed by atoms with E-state index in [1.807, 2.05) is 11.8 Å². The molecule has 6 unspecified atom stereocenters. The number of carbonyl (C=O) groups excluding carboxylic acids is 4. The Kier molecular flexibility index (Phi) is 3.70. The summed E-state index contributed by atoms with van der Waals surface area (Å²) in [6.45, 7) is 0. The average molecular weight is 338 g/mol. The minimum atomic E-state index is -0.376. The molecule has 0 aromatic carbocycles. The Bertz CT molecular complexity index is 537. The molecule has 4 aliphatic rings. The van der Waals surface area contributed by atoms with Crippen molar-refractivity contribution in [3.8, 4) is 0 Å². The molecule has 2 aliphatic heterocycles. The van der Waals surface area contributed by atoms with Gasteiger partial charge in [0.15, 0.2) is 0 Å². The molecule has 2 saturated carbocycles. The second kappa shape index (κ2) is 5.61. The van der Waals surface area contributed by atoms with Crippen LogP contribution < -0.4 is 0 Å². The van der Waals surface area contributed by atoms with Gasteiger partial charge in [0.05, 0.1) is 23.7 Å². The lowest BCUT2D eigenvalue weighted by Gasteiger charge is -2.33. The van der Waals surface area contributed by atoms with Gasteiger partial charge in [-0.2, -0.15) is 11.8 Å². The molecule has 7 heteroatoms. The van der Waals surface area contributed by atoms with E-state index in [9.17, 15) is 19.2 Å². The van der Waals surface area contributed by atoms with E-state index in [0.29, 0.717) is 36.2 Å². The zero-order valence-corrected chi connectivity index (χ0v) is 13.4. The SMILES string of the molecule is O=C1OC(=O)C2CC(SC3CCC4C(=O)OC(=O)C4C3)CCC12. The highest BCUT2D eigenvalue weighted by Gasteiger charge is 2.50. The van der Waals surface area contributed by atoms with Gasteiger partial charge in [0.1, 0.15) is 0 Å². The smallest absolute Gasteiger partial charge is 0.317 e. The van der Waals surface area contributed by atoms with Crippen LogP contribution in [0.5, 0.6) is 0 Å². The largest absolute Gasteiger partial charge is 0.393 e. The topological polar surface area (TPSA) is 86.7 Å². The van der Waals surface area contributed by atoms with Gasteiger partial charge >= 0.3 is 23.9 Å². The monoisotopic (exact) mass is 338 g/mol. The maximum atomic E-state index is 11.7. The van der Waals surface area contributed by atoms with Crippen molar-refractivity contribution >= 4 is 35.6 Å². The summed E-state index contributed by atoms with van der Waals surface area (Å²) in [6.07, 6.45) is 4.53. The molecule has 124 valence electrons. The summed E-state index contributed by atoms with van der Waals surface area (Å²) < 4.78 is 9.49. The normalized spacial score (nSPS) is 43.0. The van der Waals surface area contributed by atoms with E-state index in [1.54, 1.807) is 0 Å². The van der Waals surface area contributed by atoms with Crippen molar-refractivity contribution < 1.29 is 28.7 Å². The van der Waals surface area contributed by atoms with Crippen molar-refractivity contribution in [1.29, 1.82) is 0 Å². The van der Waals surface area contributed by atoms with Crippen molar-refractivity contribution in [1.82, 2.24) is 0 Å². The first kappa shape index (κ1) is 15.2. The number of fused-ring (bicyclic) bond motifs is 2. The molecule has 0 bridgehead atoms. The Hall–Kier alpha value is -1.37. The van der Waals surface area contributed by atoms with Crippen molar-refractivity contribution in [2.24, 2.45) is 23.7 Å². The third-order valence-corrected chi connectivity index (χ3v) is 7.23. The Morgan fingerprint density at radius 3 is 1.43 bits per heavy atom. The van der Waals surface area contributed by atoms with Crippen LogP contribution in [-0.2, 0) is 28.7 Å². The Morgan fingerprint density at radius 1 is 0.609 bits per heavy atom. The summed E-state index contributed by atoms with van der Waals surface area (Å²) in [7, 11) is 0. The van der Waals surface area contributed by atoms with Crippen LogP contribution in [0.3, 0.4) is 0 Å². The van der Waals surface area contributed by atoms with Gasteiger partial charge in [-0.3, -0.25) is 19.2 Å². The van der Waals surface area contributed by atoms with E-state index in [1.165, 1.54) is 0 Å². The summed E-state index contributed by atoms with van der Waals surface area (Å²) in [5, 5.41) is 0.619. The number of hydrogen-bond acceptors (Lipinski definition) is 7. The third kappa shape index (κ3) is 2.58. The standard InChI is InChI=1S/C16H18O6S/c17-13-9-3-1-7(5-11(9)15(19)21-13)23-8-2-4-10-12(6-8)16(20)22-14(10)18/h7-12H,1-6H2. The number of ether oxygens (including phenoxy) is 2. The number of cyclic esters (lactones) is 4. The van der Waals surface area contributed by atoms with Gasteiger partial charge in [-0.1, -0.05) is 0 Å². The maximum Gasteiger partial charge on any atom is 0.317 e. The zero-order chi connectivity index (χ0) is 16.1. The average Bonchev–Trinajstić information content (AvgIpc) is 2.96. The molecule has 0 aromatic rings. The summed E-state index contributed by atoms with van der Waals surface area (Å²) in [4.78, 5) is 46.6. The van der Waals surface area contributed by atoms with Crippen LogP contribution in [-0.4, -0.2) is 34.4 Å². The minimum absolute atomic E-state index is 0.252. The van der Waals surface area contributed by atoms with Gasteiger partial charge in [0.25, 0.3) is 0 Å². The summed E-state index contributed by atoms with van der Waals surface area (Å²) in [5.74, 6) is -2.56. The molecular weight excluding hydrogens is 320 g/mol. The van der Waals surface area contributed by atoms with Crippen molar-refractivity contribution in [2.75, 3.05) is 0 Å². The highest BCUT2D eigenvalue weighted by atomic mass is 32.2. The summed E-state index contributed by atoms with van der Waals surface area (Å²) >= 11 is 1.81. The highest BCUT2D eigenvalue weighted by Crippen LogP contribution is 2.46. The maximum absolute atomic E-state index is 11.7. The fourth-order valence-electron chi connectivity index (χ4n) is 4.37. The molecule has 0 amide bonds. The Morgan fingerprint density at radius 2 is 1.00 bits per heavy atom. The van der Waals surface area contributed by atoms with Crippen LogP contribution in [0.2, 0.25) is 0 Å². The Labute approximate surface area is 137 Å². The molecule has 23 heavy (non-hydrogen) atoms. The predicted octanol–water partition coefficient (Wildman–Crippen LogP) is 1.46. The Balaban J connectivity index is 1.36. The summed E-state index contributed by atoms with van der Waals surface area (Å²) in [6, 6.07) is 0. The quantitative estimate of drug-likeness (QED) is 0.556. The molecule has 6 atom stereocenters. The molecule has 2 saturated heterocycles. The van der Waals surface area contributed by atoms with Gasteiger partial charge in [-0.25, -0.2) is 0 Å². The van der Waals surface area contributed by atoms with Crippen LogP contribution in [0.1, 0.15) is 38.5 Å². The molecule has 0 N–H and O–H groups in total. The van der Waals surface area contributed by atoms with Crippen molar-refractivity contribution in [2.45, 2.75) is 49.0 Å². The van der Waals surface area contributed by atoms with Crippen molar-refractivity contribution in [3.05, 3.63) is 0 Å². The van der Waals surface area contributed by atoms with Crippen molar-refractivity contribution in [3.63, 3.8) is 0 Å². The van der Waals surface area contributed by atoms with Crippen LogP contribution in [0, 0.1) is 23.7 Å². The number of esters is 4. The molecule has 2 aliphatic carbocycles. The first-order valence-electron chi connectivity index (χ1n) is 8.19. The van der Waals surface area contributed by atoms with Gasteiger partial charge < -0.3 is 9.47 Å². The first-order valence-corrected chi connectivity index (χ1v) is 9.13. The lowest BCUT2D eigenvalue weighted by molar-refractivity contribution is -0.155. The van der Waals surface area contributed by atoms with Crippen LogP contribution in [0.15, 0.2) is 0 Å². The fourth-order valence-corrected chi connectivity index (χ4v) is 6.10. The summed E-state index contributed by atoms with van der Waals surface area (Å²) in [5.41, 5.74) is 0. The number of carbonyl (C=O) groups is 4. The van der Waals surface area contributed by atoms with E-state index in [2.05, 4.69) is 0 Å². The van der Waals surface area contributed by atoms with E-state index in [0.717, 1.165) is 12.8 Å². The van der Waals surface area contributed by atoms with Gasteiger partial charge in [0, 0.05) is 10.5 Å². The second-order valence-corrected chi connectivity index (χ2v) is 8.52. The van der Waals surface area contributed by atoms with E-state index < -0.39 is 0 Å². The molecule has 0 spiro atoms. The van der Waals surface area contributed by atoms with E-state index in [4.69, 9.17) is 9.47 Å². The molecule has 0 radical (unpaired) electrons. The van der Waals surface area contributed by atoms with Gasteiger partial charge in [-0.15, -0.1) is 0 Å². The minimum Gasteiger partial charge on any atom is -0.393 e. The lowest BCUT2D eigenvalue weighted by atomic mass is 9.80. The molecule has 0 aromatic heterocycles. The molecule has 4 rings (SSSR count). The number of rotatable bonds is 2. The zero-order valence-electron chi connectivity index (χ0n) is 12.6. The van der Waals surface area contributed by atoms with E-state index >= 15 is 0 Å². The van der Waals surface area contributed by atoms with Gasteiger partial charge in [0.2, 0.25) is 0 Å². The molecule has 2 heterocycles. The van der Waals surface area contributed by atoms with Gasteiger partial charge in [-0.05, 0) is 38.5 Å².